The summed E-state index contributed by atoms with van der Waals surface area (Å²) in [6.45, 7) is 7.57. The number of ether oxygens (including phenoxy) is 1. The summed E-state index contributed by atoms with van der Waals surface area (Å²) in [5, 5.41) is 0. The van der Waals surface area contributed by atoms with Gasteiger partial charge in [0.05, 0.1) is 6.61 Å². The molecular formula is C29H34O. The number of aryl methyl sites for hydroxylation is 1. The fourth-order valence-corrected chi connectivity index (χ4v) is 4.75. The van der Waals surface area contributed by atoms with Gasteiger partial charge >= 0.3 is 0 Å². The third-order valence-electron chi connectivity index (χ3n) is 6.54. The predicted molar refractivity (Wildman–Crippen MR) is 128 cm³/mol. The molecule has 0 radical (unpaired) electrons. The van der Waals surface area contributed by atoms with Crippen LogP contribution in [0.1, 0.15) is 67.7 Å². The van der Waals surface area contributed by atoms with E-state index in [-0.39, 0.29) is 0 Å². The number of hydrogen-bond donors (Lipinski definition) is 0. The summed E-state index contributed by atoms with van der Waals surface area (Å²) in [5.74, 6) is 1.03. The fourth-order valence-electron chi connectivity index (χ4n) is 4.75. The van der Waals surface area contributed by atoms with Gasteiger partial charge in [-0.3, -0.25) is 0 Å². The molecule has 30 heavy (non-hydrogen) atoms. The van der Waals surface area contributed by atoms with E-state index in [1.54, 1.807) is 0 Å². The van der Waals surface area contributed by atoms with E-state index in [2.05, 4.69) is 75.4 Å². The highest BCUT2D eigenvalue weighted by Gasteiger charge is 2.25. The van der Waals surface area contributed by atoms with Crippen molar-refractivity contribution in [1.29, 1.82) is 0 Å². The molecule has 0 bridgehead atoms. The third-order valence-corrected chi connectivity index (χ3v) is 6.54. The van der Waals surface area contributed by atoms with E-state index < -0.39 is 0 Å². The molecule has 1 nitrogen and oxygen atoms in total. The molecule has 0 N–H and O–H groups in total. The number of rotatable bonds is 9. The minimum absolute atomic E-state index is 0.802. The van der Waals surface area contributed by atoms with E-state index in [0.717, 1.165) is 25.2 Å². The first-order chi connectivity index (χ1) is 14.7. The molecule has 3 aromatic carbocycles. The lowest BCUT2D eigenvalue weighted by molar-refractivity contribution is 0.305. The Labute approximate surface area is 182 Å². The van der Waals surface area contributed by atoms with E-state index in [1.807, 2.05) is 0 Å². The molecule has 0 aliphatic heterocycles. The molecule has 0 amide bonds. The minimum atomic E-state index is 0.802. The zero-order chi connectivity index (χ0) is 20.9. The average molecular weight is 399 g/mol. The molecule has 0 saturated carbocycles. The first kappa shape index (κ1) is 20.7. The largest absolute Gasteiger partial charge is 0.493 e. The molecule has 3 aromatic rings. The second kappa shape index (κ2) is 9.51. The summed E-state index contributed by atoms with van der Waals surface area (Å²) in [7, 11) is 0. The molecule has 4 rings (SSSR count). The Hall–Kier alpha value is -2.54. The third kappa shape index (κ3) is 4.17. The normalized spacial score (nSPS) is 12.0. The summed E-state index contributed by atoms with van der Waals surface area (Å²) < 4.78 is 6.33. The lowest BCUT2D eigenvalue weighted by Gasteiger charge is -2.19. The molecule has 0 atom stereocenters. The molecule has 1 aliphatic rings. The Bertz CT molecular complexity index is 1010. The van der Waals surface area contributed by atoms with Crippen molar-refractivity contribution in [3.05, 3.63) is 76.9 Å². The monoisotopic (exact) mass is 398 g/mol. The van der Waals surface area contributed by atoms with Gasteiger partial charge in [0.2, 0.25) is 0 Å². The Kier molecular flexibility index (Phi) is 6.57. The van der Waals surface area contributed by atoms with E-state index >= 15 is 0 Å². The second-order valence-corrected chi connectivity index (χ2v) is 8.67. The van der Waals surface area contributed by atoms with Crippen molar-refractivity contribution in [3.63, 3.8) is 0 Å². The molecule has 0 heterocycles. The van der Waals surface area contributed by atoms with Crippen molar-refractivity contribution < 1.29 is 4.74 Å². The average Bonchev–Trinajstić information content (AvgIpc) is 3.12. The van der Waals surface area contributed by atoms with Crippen LogP contribution in [0.4, 0.5) is 0 Å². The summed E-state index contributed by atoms with van der Waals surface area (Å²) in [6.07, 6.45) is 8.72. The van der Waals surface area contributed by atoms with Crippen molar-refractivity contribution >= 4 is 0 Å². The van der Waals surface area contributed by atoms with Gasteiger partial charge in [-0.2, -0.15) is 0 Å². The number of unbranched alkanes of at least 4 members (excludes halogenated alkanes) is 5. The Morgan fingerprint density at radius 3 is 2.30 bits per heavy atom. The van der Waals surface area contributed by atoms with Crippen LogP contribution in [0.3, 0.4) is 0 Å². The summed E-state index contributed by atoms with van der Waals surface area (Å²) in [5.41, 5.74) is 11.0. The molecule has 1 heteroatoms. The molecule has 0 aromatic heterocycles. The Morgan fingerprint density at radius 1 is 0.767 bits per heavy atom. The van der Waals surface area contributed by atoms with Crippen molar-refractivity contribution in [3.8, 4) is 28.0 Å². The van der Waals surface area contributed by atoms with Crippen LogP contribution < -0.4 is 4.74 Å². The Morgan fingerprint density at radius 2 is 1.47 bits per heavy atom. The van der Waals surface area contributed by atoms with Gasteiger partial charge in [0, 0.05) is 5.56 Å². The number of hydrogen-bond acceptors (Lipinski definition) is 1. The minimum Gasteiger partial charge on any atom is -0.493 e. The molecule has 0 saturated heterocycles. The highest BCUT2D eigenvalue weighted by atomic mass is 16.5. The zero-order valence-electron chi connectivity index (χ0n) is 18.8. The van der Waals surface area contributed by atoms with Gasteiger partial charge in [0.25, 0.3) is 0 Å². The van der Waals surface area contributed by atoms with Crippen LogP contribution in [0, 0.1) is 13.8 Å². The van der Waals surface area contributed by atoms with Gasteiger partial charge < -0.3 is 4.74 Å². The van der Waals surface area contributed by atoms with Gasteiger partial charge in [-0.05, 0) is 71.7 Å². The molecule has 0 fully saturated rings. The van der Waals surface area contributed by atoms with Gasteiger partial charge in [0.15, 0.2) is 0 Å². The van der Waals surface area contributed by atoms with Crippen LogP contribution in [0.15, 0.2) is 54.6 Å². The maximum atomic E-state index is 6.33. The summed E-state index contributed by atoms with van der Waals surface area (Å²) >= 11 is 0. The van der Waals surface area contributed by atoms with Crippen molar-refractivity contribution in [2.45, 2.75) is 65.7 Å². The van der Waals surface area contributed by atoms with Crippen LogP contribution in [-0.4, -0.2) is 6.61 Å². The topological polar surface area (TPSA) is 9.23 Å². The van der Waals surface area contributed by atoms with Crippen molar-refractivity contribution in [1.82, 2.24) is 0 Å². The number of benzene rings is 3. The second-order valence-electron chi connectivity index (χ2n) is 8.67. The maximum absolute atomic E-state index is 6.33. The van der Waals surface area contributed by atoms with Crippen molar-refractivity contribution in [2.24, 2.45) is 0 Å². The van der Waals surface area contributed by atoms with Crippen LogP contribution in [-0.2, 0) is 6.42 Å². The quantitative estimate of drug-likeness (QED) is 0.258. The van der Waals surface area contributed by atoms with Crippen LogP contribution in [0.2, 0.25) is 0 Å². The van der Waals surface area contributed by atoms with E-state index in [0.29, 0.717) is 0 Å². The number of para-hydroxylation sites is 1. The standard InChI is InChI=1S/C29H34O/c1-4-5-6-7-8-13-18-30-28-17-12-11-16-25(28)29-22(3)21(2)19-26-24-15-10-9-14-23(24)20-27(26)29/h9-12,14-17,19H,4-8,13,18,20H2,1-3H3. The zero-order valence-corrected chi connectivity index (χ0v) is 18.8. The van der Waals surface area contributed by atoms with Gasteiger partial charge in [-0.25, -0.2) is 0 Å². The molecular weight excluding hydrogens is 364 g/mol. The molecule has 156 valence electrons. The first-order valence-electron chi connectivity index (χ1n) is 11.6. The highest BCUT2D eigenvalue weighted by molar-refractivity contribution is 5.88. The van der Waals surface area contributed by atoms with Gasteiger partial charge in [-0.1, -0.05) is 87.6 Å². The van der Waals surface area contributed by atoms with Gasteiger partial charge in [-0.15, -0.1) is 0 Å². The SMILES string of the molecule is CCCCCCCCOc1ccccc1-c1c(C)c(C)cc2c1Cc1ccccc1-2. The Balaban J connectivity index is 1.60. The molecule has 0 spiro atoms. The highest BCUT2D eigenvalue weighted by Crippen LogP contribution is 2.46. The molecule has 1 aliphatic carbocycles. The van der Waals surface area contributed by atoms with Crippen LogP contribution >= 0.6 is 0 Å². The summed E-state index contributed by atoms with van der Waals surface area (Å²) in [6, 6.07) is 19.8. The van der Waals surface area contributed by atoms with Gasteiger partial charge in [0.1, 0.15) is 5.75 Å². The number of fused-ring (bicyclic) bond motifs is 3. The smallest absolute Gasteiger partial charge is 0.127 e. The van der Waals surface area contributed by atoms with E-state index in [4.69, 9.17) is 4.74 Å². The fraction of sp³-hybridized carbons (Fsp3) is 0.379. The van der Waals surface area contributed by atoms with E-state index in [1.165, 1.54) is 76.6 Å². The maximum Gasteiger partial charge on any atom is 0.127 e. The molecule has 0 unspecified atom stereocenters. The summed E-state index contributed by atoms with van der Waals surface area (Å²) in [4.78, 5) is 0. The van der Waals surface area contributed by atoms with Crippen LogP contribution in [0.5, 0.6) is 5.75 Å². The van der Waals surface area contributed by atoms with Crippen LogP contribution in [0.25, 0.3) is 22.3 Å². The first-order valence-corrected chi connectivity index (χ1v) is 11.6. The van der Waals surface area contributed by atoms with E-state index in [9.17, 15) is 0 Å². The van der Waals surface area contributed by atoms with Crippen molar-refractivity contribution in [2.75, 3.05) is 6.61 Å². The lowest BCUT2D eigenvalue weighted by Crippen LogP contribution is -2.01. The lowest BCUT2D eigenvalue weighted by atomic mass is 9.88. The predicted octanol–water partition coefficient (Wildman–Crippen LogP) is 8.28.